The predicted octanol–water partition coefficient (Wildman–Crippen LogP) is 2.36. The summed E-state index contributed by atoms with van der Waals surface area (Å²) in [7, 11) is 0. The highest BCUT2D eigenvalue weighted by molar-refractivity contribution is 9.10. The van der Waals surface area contributed by atoms with Crippen LogP contribution in [0.1, 0.15) is 26.2 Å². The monoisotopic (exact) mass is 435 g/mol. The molecule has 2 fully saturated rings. The Hall–Kier alpha value is -1.76. The molecule has 1 amide bonds. The van der Waals surface area contributed by atoms with Gasteiger partial charge in [-0.15, -0.1) is 0 Å². The highest BCUT2D eigenvalue weighted by Gasteiger charge is 2.29. The average Bonchev–Trinajstić information content (AvgIpc) is 3.42. The van der Waals surface area contributed by atoms with E-state index < -0.39 is 0 Å². The minimum Gasteiger partial charge on any atom is -0.371 e. The van der Waals surface area contributed by atoms with Crippen molar-refractivity contribution in [2.24, 2.45) is 16.8 Å². The van der Waals surface area contributed by atoms with Gasteiger partial charge in [0.25, 0.3) is 0 Å². The maximum Gasteiger partial charge on any atom is 0.223 e. The quantitative estimate of drug-likeness (QED) is 0.333. The summed E-state index contributed by atoms with van der Waals surface area (Å²) < 4.78 is 1.11. The second-order valence-corrected chi connectivity index (χ2v) is 8.20. The fraction of sp³-hybridized carbons (Fsp3) is 0.600. The number of carbonyl (C=O) groups is 1. The van der Waals surface area contributed by atoms with Crippen molar-refractivity contribution in [2.75, 3.05) is 44.2 Å². The number of aliphatic imine (C=N–C) groups is 1. The summed E-state index contributed by atoms with van der Waals surface area (Å²) in [5.74, 6) is 1.86. The van der Waals surface area contributed by atoms with Crippen molar-refractivity contribution in [1.29, 1.82) is 0 Å². The van der Waals surface area contributed by atoms with E-state index in [-0.39, 0.29) is 11.8 Å². The molecule has 0 bridgehead atoms. The molecular formula is C20H30BrN5O. The van der Waals surface area contributed by atoms with E-state index in [2.05, 4.69) is 68.0 Å². The summed E-state index contributed by atoms with van der Waals surface area (Å²) in [6, 6.07) is 8.51. The molecule has 1 aromatic rings. The first kappa shape index (κ1) is 20.0. The predicted molar refractivity (Wildman–Crippen MR) is 114 cm³/mol. The lowest BCUT2D eigenvalue weighted by Crippen LogP contribution is -2.42. The van der Waals surface area contributed by atoms with Gasteiger partial charge >= 0.3 is 0 Å². The second-order valence-electron chi connectivity index (χ2n) is 7.29. The van der Waals surface area contributed by atoms with E-state index in [0.717, 1.165) is 55.9 Å². The van der Waals surface area contributed by atoms with Crippen molar-refractivity contribution in [3.05, 3.63) is 28.7 Å². The molecule has 1 aliphatic carbocycles. The van der Waals surface area contributed by atoms with Crippen molar-refractivity contribution in [3.8, 4) is 0 Å². The van der Waals surface area contributed by atoms with Gasteiger partial charge in [0.05, 0.1) is 0 Å². The third-order valence-electron chi connectivity index (χ3n) is 4.99. The number of halogens is 1. The molecule has 3 rings (SSSR count). The molecule has 0 aromatic heterocycles. The van der Waals surface area contributed by atoms with Gasteiger partial charge in [-0.05, 0) is 56.4 Å². The van der Waals surface area contributed by atoms with E-state index >= 15 is 0 Å². The number of amides is 1. The molecule has 3 N–H and O–H groups in total. The van der Waals surface area contributed by atoms with Crippen LogP contribution < -0.4 is 20.9 Å². The Balaban J connectivity index is 1.41. The number of hydrogen-bond donors (Lipinski definition) is 3. The van der Waals surface area contributed by atoms with Gasteiger partial charge < -0.3 is 20.9 Å². The lowest BCUT2D eigenvalue weighted by Gasteiger charge is -2.18. The average molecular weight is 436 g/mol. The first-order valence-electron chi connectivity index (χ1n) is 9.96. The second kappa shape index (κ2) is 9.97. The van der Waals surface area contributed by atoms with Crippen LogP contribution in [0.15, 0.2) is 33.7 Å². The minimum absolute atomic E-state index is 0.192. The molecule has 1 atom stereocenters. The number of rotatable bonds is 8. The van der Waals surface area contributed by atoms with Gasteiger partial charge in [0, 0.05) is 55.3 Å². The van der Waals surface area contributed by atoms with Crippen molar-refractivity contribution in [2.45, 2.75) is 26.2 Å². The zero-order valence-corrected chi connectivity index (χ0v) is 17.6. The summed E-state index contributed by atoms with van der Waals surface area (Å²) in [6.07, 6.45) is 3.25. The van der Waals surface area contributed by atoms with Gasteiger partial charge in [-0.25, -0.2) is 0 Å². The highest BCUT2D eigenvalue weighted by atomic mass is 79.9. The molecule has 7 heteroatoms. The third-order valence-corrected chi connectivity index (χ3v) is 5.52. The molecule has 0 radical (unpaired) electrons. The molecule has 0 spiro atoms. The number of nitrogens with zero attached hydrogens (tertiary/aromatic N) is 2. The van der Waals surface area contributed by atoms with Crippen molar-refractivity contribution >= 4 is 33.5 Å². The smallest absolute Gasteiger partial charge is 0.223 e. The highest BCUT2D eigenvalue weighted by Crippen LogP contribution is 2.28. The summed E-state index contributed by atoms with van der Waals surface area (Å²) >= 11 is 3.49. The van der Waals surface area contributed by atoms with Crippen LogP contribution >= 0.6 is 15.9 Å². The van der Waals surface area contributed by atoms with Crippen LogP contribution in [0.5, 0.6) is 0 Å². The summed E-state index contributed by atoms with van der Waals surface area (Å²) in [6.45, 7) is 7.17. The molecule has 1 aliphatic heterocycles. The Morgan fingerprint density at radius 3 is 2.59 bits per heavy atom. The number of carbonyl (C=O) groups excluding carboxylic acids is 1. The SMILES string of the molecule is CCNC(=NCC1CCN(c2ccc(Br)cc2)C1)NCCNC(=O)C1CC1. The summed E-state index contributed by atoms with van der Waals surface area (Å²) in [4.78, 5) is 18.8. The zero-order valence-electron chi connectivity index (χ0n) is 16.0. The molecule has 2 aliphatic rings. The number of hydrogen-bond acceptors (Lipinski definition) is 3. The van der Waals surface area contributed by atoms with E-state index in [9.17, 15) is 4.79 Å². The standard InChI is InChI=1S/C20H30BrN5O/c1-2-22-20(24-11-10-23-19(27)16-3-4-16)25-13-15-9-12-26(14-15)18-7-5-17(21)6-8-18/h5-8,15-16H,2-4,9-14H2,1H3,(H,23,27)(H2,22,24,25). The van der Waals surface area contributed by atoms with Gasteiger partial charge in [0.2, 0.25) is 5.91 Å². The molecule has 1 saturated heterocycles. The Kier molecular flexibility index (Phi) is 7.38. The lowest BCUT2D eigenvalue weighted by molar-refractivity contribution is -0.122. The largest absolute Gasteiger partial charge is 0.371 e. The van der Waals surface area contributed by atoms with Crippen LogP contribution in [0.4, 0.5) is 5.69 Å². The van der Waals surface area contributed by atoms with Gasteiger partial charge in [0.15, 0.2) is 5.96 Å². The van der Waals surface area contributed by atoms with Gasteiger partial charge in [-0.3, -0.25) is 9.79 Å². The van der Waals surface area contributed by atoms with Crippen LogP contribution in [-0.4, -0.2) is 51.1 Å². The number of guanidine groups is 1. The van der Waals surface area contributed by atoms with Crippen LogP contribution in [0.3, 0.4) is 0 Å². The topological polar surface area (TPSA) is 68.8 Å². The number of nitrogens with one attached hydrogen (secondary N) is 3. The van der Waals surface area contributed by atoms with Crippen molar-refractivity contribution in [1.82, 2.24) is 16.0 Å². The van der Waals surface area contributed by atoms with Gasteiger partial charge in [0.1, 0.15) is 0 Å². The Labute approximate surface area is 170 Å². The van der Waals surface area contributed by atoms with Crippen LogP contribution in [0, 0.1) is 11.8 Å². The first-order valence-corrected chi connectivity index (χ1v) is 10.8. The van der Waals surface area contributed by atoms with Crippen molar-refractivity contribution in [3.63, 3.8) is 0 Å². The van der Waals surface area contributed by atoms with Gasteiger partial charge in [-0.2, -0.15) is 0 Å². The Morgan fingerprint density at radius 1 is 1.15 bits per heavy atom. The number of anilines is 1. The maximum absolute atomic E-state index is 11.6. The third kappa shape index (κ3) is 6.41. The van der Waals surface area contributed by atoms with Crippen LogP contribution in [0.25, 0.3) is 0 Å². The minimum atomic E-state index is 0.192. The van der Waals surface area contributed by atoms with Crippen LogP contribution in [0.2, 0.25) is 0 Å². The summed E-state index contributed by atoms with van der Waals surface area (Å²) in [5, 5.41) is 9.57. The maximum atomic E-state index is 11.6. The van der Waals surface area contributed by atoms with Gasteiger partial charge in [-0.1, -0.05) is 15.9 Å². The zero-order chi connectivity index (χ0) is 19.1. The fourth-order valence-corrected chi connectivity index (χ4v) is 3.55. The lowest BCUT2D eigenvalue weighted by atomic mass is 10.1. The molecule has 148 valence electrons. The fourth-order valence-electron chi connectivity index (χ4n) is 3.29. The van der Waals surface area contributed by atoms with Crippen LogP contribution in [-0.2, 0) is 4.79 Å². The normalized spacial score (nSPS) is 19.9. The molecule has 1 unspecified atom stereocenters. The molecule has 6 nitrogen and oxygen atoms in total. The van der Waals surface area contributed by atoms with E-state index in [1.54, 1.807) is 0 Å². The van der Waals surface area contributed by atoms with E-state index in [0.29, 0.717) is 19.0 Å². The molecule has 1 aromatic carbocycles. The van der Waals surface area contributed by atoms with Crippen molar-refractivity contribution < 1.29 is 4.79 Å². The van der Waals surface area contributed by atoms with E-state index in [4.69, 9.17) is 4.99 Å². The summed E-state index contributed by atoms with van der Waals surface area (Å²) in [5.41, 5.74) is 1.28. The van der Waals surface area contributed by atoms with E-state index in [1.807, 2.05) is 0 Å². The first-order chi connectivity index (χ1) is 13.2. The molecule has 27 heavy (non-hydrogen) atoms. The molecule has 1 saturated carbocycles. The van der Waals surface area contributed by atoms with E-state index in [1.165, 1.54) is 5.69 Å². The Bertz CT molecular complexity index is 644. The Morgan fingerprint density at radius 2 is 1.89 bits per heavy atom. The molecule has 1 heterocycles. The molecular weight excluding hydrogens is 406 g/mol. The number of benzene rings is 1.